The Morgan fingerprint density at radius 3 is 2.51 bits per heavy atom. The molecule has 0 atom stereocenters. The zero-order valence-electron chi connectivity index (χ0n) is 20.6. The van der Waals surface area contributed by atoms with E-state index in [1.807, 2.05) is 13.8 Å². The van der Waals surface area contributed by atoms with E-state index in [0.717, 1.165) is 9.87 Å². The van der Waals surface area contributed by atoms with Crippen molar-refractivity contribution < 1.29 is 22.7 Å². The summed E-state index contributed by atoms with van der Waals surface area (Å²) in [5.41, 5.74) is 4.20. The molecule has 1 N–H and O–H groups in total. The fraction of sp³-hybridized carbons (Fsp3) is 0.185. The molecular formula is C27H28ClN3O5S. The van der Waals surface area contributed by atoms with Crippen molar-refractivity contribution in [2.45, 2.75) is 18.7 Å². The van der Waals surface area contributed by atoms with Crippen LogP contribution >= 0.6 is 11.6 Å². The number of anilines is 1. The molecule has 0 saturated heterocycles. The van der Waals surface area contributed by atoms with Crippen LogP contribution in [0.1, 0.15) is 18.1 Å². The lowest BCUT2D eigenvalue weighted by molar-refractivity contribution is -0.119. The number of carbonyl (C=O) groups excluding carboxylic acids is 1. The van der Waals surface area contributed by atoms with Gasteiger partial charge in [-0.15, -0.1) is 0 Å². The van der Waals surface area contributed by atoms with Gasteiger partial charge >= 0.3 is 0 Å². The Kier molecular flexibility index (Phi) is 9.71. The van der Waals surface area contributed by atoms with Crippen molar-refractivity contribution in [3.05, 3.63) is 95.5 Å². The van der Waals surface area contributed by atoms with E-state index in [0.29, 0.717) is 35.3 Å². The van der Waals surface area contributed by atoms with Gasteiger partial charge in [-0.25, -0.2) is 13.8 Å². The molecule has 8 nitrogen and oxygen atoms in total. The summed E-state index contributed by atoms with van der Waals surface area (Å²) in [5, 5.41) is 4.32. The minimum Gasteiger partial charge on any atom is -0.490 e. The van der Waals surface area contributed by atoms with Crippen molar-refractivity contribution in [2.24, 2.45) is 5.10 Å². The molecule has 0 saturated carbocycles. The number of nitrogens with zero attached hydrogens (tertiary/aromatic N) is 2. The van der Waals surface area contributed by atoms with Gasteiger partial charge < -0.3 is 9.47 Å². The first-order valence-electron chi connectivity index (χ1n) is 11.4. The van der Waals surface area contributed by atoms with Crippen LogP contribution in [0.4, 0.5) is 5.69 Å². The Bertz CT molecular complexity index is 1380. The topological polar surface area (TPSA) is 97.3 Å². The summed E-state index contributed by atoms with van der Waals surface area (Å²) < 4.78 is 39.0. The molecule has 0 fully saturated rings. The molecular weight excluding hydrogens is 514 g/mol. The molecule has 0 aliphatic rings. The Morgan fingerprint density at radius 1 is 1.08 bits per heavy atom. The number of amides is 1. The first-order chi connectivity index (χ1) is 17.7. The number of benzene rings is 3. The van der Waals surface area contributed by atoms with Crippen molar-refractivity contribution in [1.82, 2.24) is 5.43 Å². The molecule has 0 aliphatic heterocycles. The first-order valence-corrected chi connectivity index (χ1v) is 13.2. The monoisotopic (exact) mass is 541 g/mol. The minimum atomic E-state index is -4.06. The first kappa shape index (κ1) is 27.8. The van der Waals surface area contributed by atoms with Gasteiger partial charge in [0.1, 0.15) is 13.2 Å². The summed E-state index contributed by atoms with van der Waals surface area (Å²) in [4.78, 5) is 12.8. The third kappa shape index (κ3) is 7.58. The molecule has 0 aliphatic carbocycles. The quantitative estimate of drug-likeness (QED) is 0.199. The largest absolute Gasteiger partial charge is 0.490 e. The van der Waals surface area contributed by atoms with Gasteiger partial charge in [0.05, 0.1) is 23.4 Å². The smallest absolute Gasteiger partial charge is 0.264 e. The fourth-order valence-corrected chi connectivity index (χ4v) is 4.87. The van der Waals surface area contributed by atoms with Gasteiger partial charge in [0.15, 0.2) is 11.5 Å². The molecule has 0 unspecified atom stereocenters. The summed E-state index contributed by atoms with van der Waals surface area (Å²) in [5.74, 6) is 0.445. The number of sulfonamides is 1. The van der Waals surface area contributed by atoms with Crippen molar-refractivity contribution in [1.29, 1.82) is 0 Å². The van der Waals surface area contributed by atoms with Gasteiger partial charge in [0, 0.05) is 5.02 Å². The standard InChI is InChI=1S/C27H28ClN3O5S/c1-4-15-36-25-14-11-21(16-26(25)35-5-2)18-29-30-27(32)19-31(23-8-6-7-22(28)17-23)37(33,34)24-12-9-20(3)10-13-24/h4,6-14,16-18H,1,5,15,19H2,2-3H3,(H,30,32)/b29-18-. The third-order valence-electron chi connectivity index (χ3n) is 5.02. The van der Waals surface area contributed by atoms with Crippen LogP contribution < -0.4 is 19.2 Å². The van der Waals surface area contributed by atoms with E-state index in [9.17, 15) is 13.2 Å². The van der Waals surface area contributed by atoms with Crippen LogP contribution in [0.2, 0.25) is 5.02 Å². The maximum atomic E-state index is 13.4. The number of nitrogens with one attached hydrogen (secondary N) is 1. The fourth-order valence-electron chi connectivity index (χ4n) is 3.27. The van der Waals surface area contributed by atoms with Crippen molar-refractivity contribution in [3.63, 3.8) is 0 Å². The lowest BCUT2D eigenvalue weighted by atomic mass is 10.2. The predicted octanol–water partition coefficient (Wildman–Crippen LogP) is 4.96. The van der Waals surface area contributed by atoms with Crippen molar-refractivity contribution >= 4 is 39.4 Å². The van der Waals surface area contributed by atoms with E-state index >= 15 is 0 Å². The van der Waals surface area contributed by atoms with Crippen LogP contribution in [0.15, 0.2) is 89.4 Å². The highest BCUT2D eigenvalue weighted by Crippen LogP contribution is 2.28. The van der Waals surface area contributed by atoms with Crippen molar-refractivity contribution in [3.8, 4) is 11.5 Å². The minimum absolute atomic E-state index is 0.0524. The second-order valence-electron chi connectivity index (χ2n) is 7.84. The third-order valence-corrected chi connectivity index (χ3v) is 7.04. The summed E-state index contributed by atoms with van der Waals surface area (Å²) >= 11 is 6.10. The molecule has 0 bridgehead atoms. The maximum Gasteiger partial charge on any atom is 0.264 e. The van der Waals surface area contributed by atoms with E-state index in [1.165, 1.54) is 24.4 Å². The van der Waals surface area contributed by atoms with Crippen LogP contribution in [-0.2, 0) is 14.8 Å². The molecule has 3 aromatic carbocycles. The highest BCUT2D eigenvalue weighted by molar-refractivity contribution is 7.92. The van der Waals surface area contributed by atoms with Gasteiger partial charge in [0.2, 0.25) is 0 Å². The SMILES string of the molecule is C=CCOc1ccc(/C=N\NC(=O)CN(c2cccc(Cl)c2)S(=O)(=O)c2ccc(C)cc2)cc1OCC. The maximum absolute atomic E-state index is 13.4. The molecule has 10 heteroatoms. The van der Waals surface area contributed by atoms with Gasteiger partial charge in [-0.3, -0.25) is 9.10 Å². The molecule has 3 aromatic rings. The zero-order valence-corrected chi connectivity index (χ0v) is 22.1. The van der Waals surface area contributed by atoms with Gasteiger partial charge in [0.25, 0.3) is 15.9 Å². The summed E-state index contributed by atoms with van der Waals surface area (Å²) in [6.07, 6.45) is 3.06. The normalized spacial score (nSPS) is 11.2. The molecule has 0 aromatic heterocycles. The molecule has 37 heavy (non-hydrogen) atoms. The Labute approximate surface area is 222 Å². The van der Waals surface area contributed by atoms with Crippen LogP contribution in [-0.4, -0.2) is 40.3 Å². The molecule has 0 spiro atoms. The highest BCUT2D eigenvalue weighted by atomic mass is 35.5. The predicted molar refractivity (Wildman–Crippen MR) is 146 cm³/mol. The van der Waals surface area contributed by atoms with Gasteiger partial charge in [-0.1, -0.05) is 48.0 Å². The highest BCUT2D eigenvalue weighted by Gasteiger charge is 2.27. The van der Waals surface area contributed by atoms with E-state index < -0.39 is 22.5 Å². The number of hydrogen-bond donors (Lipinski definition) is 1. The second-order valence-corrected chi connectivity index (χ2v) is 10.1. The van der Waals surface area contributed by atoms with Crippen LogP contribution in [0.5, 0.6) is 11.5 Å². The van der Waals surface area contributed by atoms with Gasteiger partial charge in [-0.05, 0) is 67.9 Å². The summed E-state index contributed by atoms with van der Waals surface area (Å²) in [7, 11) is -4.06. The number of halogens is 1. The van der Waals surface area contributed by atoms with E-state index in [2.05, 4.69) is 17.1 Å². The number of carbonyl (C=O) groups is 1. The summed E-state index contributed by atoms with van der Waals surface area (Å²) in [6.45, 7) is 7.61. The van der Waals surface area contributed by atoms with Crippen LogP contribution in [0.25, 0.3) is 0 Å². The lowest BCUT2D eigenvalue weighted by Gasteiger charge is -2.24. The van der Waals surface area contributed by atoms with E-state index in [1.54, 1.807) is 54.6 Å². The number of aryl methyl sites for hydroxylation is 1. The number of ether oxygens (including phenoxy) is 2. The van der Waals surface area contributed by atoms with Crippen LogP contribution in [0, 0.1) is 6.92 Å². The second kappa shape index (κ2) is 12.9. The average molecular weight is 542 g/mol. The molecule has 1 amide bonds. The van der Waals surface area contributed by atoms with Crippen molar-refractivity contribution in [2.75, 3.05) is 24.1 Å². The van der Waals surface area contributed by atoms with E-state index in [-0.39, 0.29) is 10.6 Å². The van der Waals surface area contributed by atoms with Gasteiger partial charge in [-0.2, -0.15) is 5.10 Å². The number of rotatable bonds is 12. The Hall–Kier alpha value is -3.82. The molecule has 194 valence electrons. The van der Waals surface area contributed by atoms with Crippen LogP contribution in [0.3, 0.4) is 0 Å². The molecule has 3 rings (SSSR count). The lowest BCUT2D eigenvalue weighted by Crippen LogP contribution is -2.39. The Morgan fingerprint density at radius 2 is 1.84 bits per heavy atom. The zero-order chi connectivity index (χ0) is 26.8. The average Bonchev–Trinajstić information content (AvgIpc) is 2.87. The Balaban J connectivity index is 1.79. The molecule has 0 heterocycles. The summed E-state index contributed by atoms with van der Waals surface area (Å²) in [6, 6.07) is 17.9. The van der Waals surface area contributed by atoms with E-state index in [4.69, 9.17) is 21.1 Å². The number of hydrazone groups is 1. The number of hydrogen-bond acceptors (Lipinski definition) is 6. The molecule has 0 radical (unpaired) electrons.